The Labute approximate surface area is 243 Å². The van der Waals surface area contributed by atoms with E-state index in [1.54, 1.807) is 55.6 Å². The van der Waals surface area contributed by atoms with E-state index in [4.69, 9.17) is 21.1 Å². The lowest BCUT2D eigenvalue weighted by Gasteiger charge is -2.19. The maximum atomic E-state index is 12.7. The largest absolute Gasteiger partial charge is 0.465 e. The average Bonchev–Trinajstić information content (AvgIpc) is 2.98. The molecule has 2 atom stereocenters. The van der Waals surface area contributed by atoms with Crippen LogP contribution in [0.4, 0.5) is 0 Å². The van der Waals surface area contributed by atoms with Crippen molar-refractivity contribution in [3.63, 3.8) is 0 Å². The van der Waals surface area contributed by atoms with E-state index in [9.17, 15) is 19.8 Å². The Bertz CT molecular complexity index is 1480. The fourth-order valence-electron chi connectivity index (χ4n) is 4.30. The average molecular weight is 578 g/mol. The molecule has 0 spiro atoms. The molecule has 0 radical (unpaired) electrons. The minimum atomic E-state index is -0.752. The summed E-state index contributed by atoms with van der Waals surface area (Å²) in [4.78, 5) is 28.7. The molecule has 1 heterocycles. The van der Waals surface area contributed by atoms with E-state index in [0.717, 1.165) is 5.56 Å². The number of ether oxygens (including phenoxy) is 2. The normalized spacial score (nSPS) is 12.5. The van der Waals surface area contributed by atoms with Crippen LogP contribution in [0.2, 0.25) is 5.02 Å². The lowest BCUT2D eigenvalue weighted by Crippen LogP contribution is -2.37. The highest BCUT2D eigenvalue weighted by molar-refractivity contribution is 6.30. The lowest BCUT2D eigenvalue weighted by atomic mass is 10.0. The first-order chi connectivity index (χ1) is 19.9. The van der Waals surface area contributed by atoms with E-state index < -0.39 is 18.0 Å². The number of halogens is 1. The molecule has 4 N–H and O–H groups in total. The van der Waals surface area contributed by atoms with Gasteiger partial charge in [-0.25, -0.2) is 0 Å². The number of pyridine rings is 1. The zero-order valence-corrected chi connectivity index (χ0v) is 23.3. The molecule has 10 heteroatoms. The van der Waals surface area contributed by atoms with Gasteiger partial charge in [0.25, 0.3) is 5.91 Å². The van der Waals surface area contributed by atoms with E-state index in [-0.39, 0.29) is 32.3 Å². The van der Waals surface area contributed by atoms with Gasteiger partial charge in [0.1, 0.15) is 18.0 Å². The number of carbonyl (C=O) groups is 2. The number of aromatic nitrogens is 1. The van der Waals surface area contributed by atoms with Gasteiger partial charge in [0, 0.05) is 29.2 Å². The number of para-hydroxylation sites is 1. The van der Waals surface area contributed by atoms with Gasteiger partial charge in [0.15, 0.2) is 0 Å². The molecule has 0 unspecified atom stereocenters. The predicted octanol–water partition coefficient (Wildman–Crippen LogP) is 4.20. The summed E-state index contributed by atoms with van der Waals surface area (Å²) in [6, 6.07) is 21.1. The van der Waals surface area contributed by atoms with E-state index in [1.807, 2.05) is 30.3 Å². The highest BCUT2D eigenvalue weighted by Gasteiger charge is 2.16. The number of hydrogen-bond acceptors (Lipinski definition) is 8. The van der Waals surface area contributed by atoms with Crippen LogP contribution in [0.5, 0.6) is 11.5 Å². The molecule has 0 fully saturated rings. The molecule has 4 aromatic rings. The first-order valence-corrected chi connectivity index (χ1v) is 13.6. The molecular formula is C31H32ClN3O6. The van der Waals surface area contributed by atoms with Crippen LogP contribution in [0.3, 0.4) is 0 Å². The van der Waals surface area contributed by atoms with E-state index in [0.29, 0.717) is 45.0 Å². The maximum Gasteiger partial charge on any atom is 0.325 e. The molecule has 214 valence electrons. The van der Waals surface area contributed by atoms with Crippen molar-refractivity contribution in [3.05, 3.63) is 101 Å². The number of nitrogens with zero attached hydrogens (tertiary/aromatic N) is 1. The Morgan fingerprint density at radius 1 is 1.05 bits per heavy atom. The van der Waals surface area contributed by atoms with Crippen molar-refractivity contribution in [2.45, 2.75) is 25.5 Å². The molecule has 1 amide bonds. The first-order valence-electron chi connectivity index (χ1n) is 13.2. The van der Waals surface area contributed by atoms with Gasteiger partial charge in [-0.3, -0.25) is 14.6 Å². The second kappa shape index (κ2) is 14.6. The van der Waals surface area contributed by atoms with Crippen molar-refractivity contribution >= 4 is 34.4 Å². The minimum absolute atomic E-state index is 0.0980. The minimum Gasteiger partial charge on any atom is -0.465 e. The van der Waals surface area contributed by atoms with Crippen LogP contribution in [0.15, 0.2) is 79.0 Å². The summed E-state index contributed by atoms with van der Waals surface area (Å²) >= 11 is 6.01. The molecule has 1 aromatic heterocycles. The van der Waals surface area contributed by atoms with Crippen LogP contribution in [0.1, 0.15) is 34.5 Å². The second-order valence-electron chi connectivity index (χ2n) is 9.31. The van der Waals surface area contributed by atoms with Crippen molar-refractivity contribution < 1.29 is 29.3 Å². The smallest absolute Gasteiger partial charge is 0.325 e. The highest BCUT2D eigenvalue weighted by Crippen LogP contribution is 2.30. The van der Waals surface area contributed by atoms with Crippen molar-refractivity contribution in [1.82, 2.24) is 15.6 Å². The molecule has 9 nitrogen and oxygen atoms in total. The maximum absolute atomic E-state index is 12.7. The number of aliphatic hydroxyl groups excluding tert-OH is 2. The topological polar surface area (TPSA) is 130 Å². The SMILES string of the molecule is CCOC(=O)CNC(=O)c1cccc2c(Oc3ccc(C[C@@H](CO)NC[C@H](O)c4cccc(Cl)c4)cc3)ccnc12. The monoisotopic (exact) mass is 577 g/mol. The van der Waals surface area contributed by atoms with Gasteiger partial charge in [-0.05, 0) is 66.9 Å². The number of nitrogens with one attached hydrogen (secondary N) is 2. The molecule has 0 aliphatic rings. The second-order valence-corrected chi connectivity index (χ2v) is 9.74. The first kappa shape index (κ1) is 30.0. The van der Waals surface area contributed by atoms with Crippen molar-refractivity contribution in [1.29, 1.82) is 0 Å². The van der Waals surface area contributed by atoms with Gasteiger partial charge < -0.3 is 30.3 Å². The quantitative estimate of drug-likeness (QED) is 0.174. The number of benzene rings is 3. The highest BCUT2D eigenvalue weighted by atomic mass is 35.5. The number of carbonyl (C=O) groups excluding carboxylic acids is 2. The third-order valence-electron chi connectivity index (χ3n) is 6.36. The Morgan fingerprint density at radius 2 is 1.83 bits per heavy atom. The lowest BCUT2D eigenvalue weighted by molar-refractivity contribution is -0.141. The summed E-state index contributed by atoms with van der Waals surface area (Å²) in [5, 5.41) is 27.3. The summed E-state index contributed by atoms with van der Waals surface area (Å²) in [5.41, 5.74) is 2.44. The Hall–Kier alpha value is -4.02. The van der Waals surface area contributed by atoms with Gasteiger partial charge in [-0.15, -0.1) is 0 Å². The molecule has 0 saturated carbocycles. The zero-order chi connectivity index (χ0) is 29.2. The van der Waals surface area contributed by atoms with Crippen LogP contribution in [-0.4, -0.2) is 59.4 Å². The summed E-state index contributed by atoms with van der Waals surface area (Å²) in [6.07, 6.45) is 1.35. The molecule has 4 rings (SSSR count). The fourth-order valence-corrected chi connectivity index (χ4v) is 4.50. The fraction of sp³-hybridized carbons (Fsp3) is 0.258. The Morgan fingerprint density at radius 3 is 2.56 bits per heavy atom. The number of fused-ring (bicyclic) bond motifs is 1. The van der Waals surface area contributed by atoms with Crippen LogP contribution in [-0.2, 0) is 16.0 Å². The molecular weight excluding hydrogens is 546 g/mol. The van der Waals surface area contributed by atoms with Gasteiger partial charge in [0.2, 0.25) is 0 Å². The molecule has 3 aromatic carbocycles. The Balaban J connectivity index is 1.39. The summed E-state index contributed by atoms with van der Waals surface area (Å²) < 4.78 is 11.0. The molecule has 41 heavy (non-hydrogen) atoms. The molecule has 0 aliphatic carbocycles. The zero-order valence-electron chi connectivity index (χ0n) is 22.5. The van der Waals surface area contributed by atoms with Gasteiger partial charge in [-0.1, -0.05) is 41.9 Å². The van der Waals surface area contributed by atoms with Crippen molar-refractivity contribution in [2.24, 2.45) is 0 Å². The molecule has 0 saturated heterocycles. The number of hydrogen-bond donors (Lipinski definition) is 4. The van der Waals surface area contributed by atoms with Crippen LogP contribution in [0.25, 0.3) is 10.9 Å². The van der Waals surface area contributed by atoms with E-state index >= 15 is 0 Å². The number of aliphatic hydroxyl groups is 2. The third-order valence-corrected chi connectivity index (χ3v) is 6.60. The number of amides is 1. The number of rotatable bonds is 13. The Kier molecular flexibility index (Phi) is 10.6. The van der Waals surface area contributed by atoms with Crippen molar-refractivity contribution in [2.75, 3.05) is 26.3 Å². The molecule has 0 aliphatic heterocycles. The van der Waals surface area contributed by atoms with Crippen LogP contribution >= 0.6 is 11.6 Å². The third kappa shape index (κ3) is 8.25. The van der Waals surface area contributed by atoms with Gasteiger partial charge >= 0.3 is 5.97 Å². The summed E-state index contributed by atoms with van der Waals surface area (Å²) in [5.74, 6) is 0.151. The van der Waals surface area contributed by atoms with Crippen LogP contribution in [0, 0.1) is 0 Å². The summed E-state index contributed by atoms with van der Waals surface area (Å²) in [6.45, 7) is 1.87. The predicted molar refractivity (Wildman–Crippen MR) is 156 cm³/mol. The van der Waals surface area contributed by atoms with Crippen molar-refractivity contribution in [3.8, 4) is 11.5 Å². The van der Waals surface area contributed by atoms with Crippen LogP contribution < -0.4 is 15.4 Å². The van der Waals surface area contributed by atoms with Gasteiger partial charge in [0.05, 0.1) is 30.4 Å². The summed E-state index contributed by atoms with van der Waals surface area (Å²) in [7, 11) is 0. The standard InChI is InChI=1S/C31H32ClN3O6/c1-2-40-29(38)18-35-31(39)26-8-4-7-25-28(13-14-33-30(25)26)41-24-11-9-20(10-12-24)15-23(19-36)34-17-27(37)21-5-3-6-22(32)16-21/h3-14,16,23,27,34,36-37H,2,15,17-19H2,1H3,(H,35,39)/t23-,27-/m0/s1. The van der Waals surface area contributed by atoms with E-state index in [1.165, 1.54) is 0 Å². The van der Waals surface area contributed by atoms with Gasteiger partial charge in [-0.2, -0.15) is 0 Å². The number of esters is 1. The van der Waals surface area contributed by atoms with E-state index in [2.05, 4.69) is 15.6 Å². The molecule has 0 bridgehead atoms.